The molecule has 0 aliphatic heterocycles. The Balaban J connectivity index is 1.45. The summed E-state index contributed by atoms with van der Waals surface area (Å²) in [6, 6.07) is 15.4. The number of ether oxygens (including phenoxy) is 2. The van der Waals surface area contributed by atoms with Crippen LogP contribution in [0.2, 0.25) is 0 Å². The fourth-order valence-electron chi connectivity index (χ4n) is 2.60. The zero-order valence-corrected chi connectivity index (χ0v) is 14.5. The number of benzene rings is 2. The molecule has 5 heteroatoms. The smallest absolute Gasteiger partial charge is 0.408 e. The Morgan fingerprint density at radius 3 is 2.85 bits per heavy atom. The van der Waals surface area contributed by atoms with Gasteiger partial charge in [0.1, 0.15) is 5.75 Å². The van der Waals surface area contributed by atoms with E-state index in [1.807, 2.05) is 54.7 Å². The minimum atomic E-state index is -0.468. The van der Waals surface area contributed by atoms with Crippen molar-refractivity contribution < 1.29 is 14.3 Å². The molecule has 0 saturated carbocycles. The number of aromatic nitrogens is 1. The van der Waals surface area contributed by atoms with Crippen molar-refractivity contribution in [1.82, 2.24) is 10.3 Å². The number of amides is 1. The Kier molecular flexibility index (Phi) is 5.79. The van der Waals surface area contributed by atoms with E-state index in [2.05, 4.69) is 22.1 Å². The average Bonchev–Trinajstić information content (AvgIpc) is 3.08. The number of nitrogens with one attached hydrogen (secondary N) is 2. The molecule has 1 aromatic heterocycles. The van der Waals surface area contributed by atoms with Crippen LogP contribution in [-0.2, 0) is 11.2 Å². The lowest BCUT2D eigenvalue weighted by atomic mass is 10.1. The van der Waals surface area contributed by atoms with Crippen molar-refractivity contribution in [2.75, 3.05) is 20.3 Å². The zero-order chi connectivity index (χ0) is 18.2. The maximum atomic E-state index is 11.7. The van der Waals surface area contributed by atoms with Crippen LogP contribution in [0.3, 0.4) is 0 Å². The van der Waals surface area contributed by atoms with Gasteiger partial charge in [0.25, 0.3) is 0 Å². The molecule has 5 nitrogen and oxygen atoms in total. The van der Waals surface area contributed by atoms with Crippen molar-refractivity contribution in [2.45, 2.75) is 6.42 Å². The molecule has 0 radical (unpaired) electrons. The van der Waals surface area contributed by atoms with Gasteiger partial charge in [0.2, 0.25) is 0 Å². The number of methoxy groups -OCH3 is 1. The molecule has 0 spiro atoms. The van der Waals surface area contributed by atoms with Gasteiger partial charge in [0.05, 0.1) is 7.11 Å². The molecule has 2 aromatic carbocycles. The van der Waals surface area contributed by atoms with Crippen molar-refractivity contribution in [3.8, 4) is 17.6 Å². The van der Waals surface area contributed by atoms with Gasteiger partial charge in [-0.25, -0.2) is 4.79 Å². The van der Waals surface area contributed by atoms with Gasteiger partial charge in [0, 0.05) is 29.2 Å². The number of carbonyl (C=O) groups excluding carboxylic acids is 1. The van der Waals surface area contributed by atoms with E-state index in [4.69, 9.17) is 9.47 Å². The van der Waals surface area contributed by atoms with E-state index in [-0.39, 0.29) is 6.61 Å². The highest BCUT2D eigenvalue weighted by molar-refractivity contribution is 5.84. The third-order valence-electron chi connectivity index (χ3n) is 3.92. The minimum Gasteiger partial charge on any atom is -0.497 e. The van der Waals surface area contributed by atoms with E-state index >= 15 is 0 Å². The summed E-state index contributed by atoms with van der Waals surface area (Å²) >= 11 is 0. The monoisotopic (exact) mass is 348 g/mol. The van der Waals surface area contributed by atoms with Crippen LogP contribution >= 0.6 is 0 Å². The molecule has 0 aliphatic rings. The molecule has 2 N–H and O–H groups in total. The topological polar surface area (TPSA) is 63.3 Å². The molecule has 26 heavy (non-hydrogen) atoms. The average molecular weight is 348 g/mol. The Labute approximate surface area is 152 Å². The van der Waals surface area contributed by atoms with E-state index in [0.29, 0.717) is 13.0 Å². The first-order valence-electron chi connectivity index (χ1n) is 8.35. The Hall–Kier alpha value is -3.39. The third-order valence-corrected chi connectivity index (χ3v) is 3.92. The number of aromatic amines is 1. The van der Waals surface area contributed by atoms with Gasteiger partial charge in [-0.3, -0.25) is 0 Å². The number of hydrogen-bond donors (Lipinski definition) is 2. The van der Waals surface area contributed by atoms with Crippen LogP contribution in [-0.4, -0.2) is 31.3 Å². The zero-order valence-electron chi connectivity index (χ0n) is 14.5. The Morgan fingerprint density at radius 1 is 1.19 bits per heavy atom. The summed E-state index contributed by atoms with van der Waals surface area (Å²) in [5, 5.41) is 3.83. The number of alkyl carbamates (subject to hydrolysis) is 1. The van der Waals surface area contributed by atoms with E-state index in [1.54, 1.807) is 7.11 Å². The third kappa shape index (κ3) is 4.58. The van der Waals surface area contributed by atoms with E-state index in [1.165, 1.54) is 0 Å². The highest BCUT2D eigenvalue weighted by Gasteiger charge is 2.06. The quantitative estimate of drug-likeness (QED) is 0.694. The van der Waals surface area contributed by atoms with Crippen molar-refractivity contribution >= 4 is 17.0 Å². The maximum absolute atomic E-state index is 11.7. The molecule has 0 fully saturated rings. The predicted octanol–water partition coefficient (Wildman–Crippen LogP) is 3.50. The van der Waals surface area contributed by atoms with Crippen molar-refractivity contribution in [2.24, 2.45) is 0 Å². The fraction of sp³-hybridized carbons (Fsp3) is 0.190. The Morgan fingerprint density at radius 2 is 2.04 bits per heavy atom. The van der Waals surface area contributed by atoms with Crippen molar-refractivity contribution in [3.63, 3.8) is 0 Å². The van der Waals surface area contributed by atoms with Gasteiger partial charge in [-0.2, -0.15) is 0 Å². The fourth-order valence-corrected chi connectivity index (χ4v) is 2.60. The summed E-state index contributed by atoms with van der Waals surface area (Å²) in [4.78, 5) is 14.9. The molecule has 1 heterocycles. The number of H-pyrrole nitrogens is 1. The van der Waals surface area contributed by atoms with Crippen LogP contribution in [0.25, 0.3) is 10.9 Å². The molecule has 3 aromatic rings. The highest BCUT2D eigenvalue weighted by Crippen LogP contribution is 2.23. The molecule has 3 rings (SSSR count). The standard InChI is InChI=1S/C21H20N2O3/c1-25-18-9-10-20-19(14-18)17(15-23-20)11-12-22-21(24)26-13-5-8-16-6-3-2-4-7-16/h2-4,6-7,9-10,14-15,23H,11-13H2,1H3,(H,22,24). The van der Waals surface area contributed by atoms with E-state index in [9.17, 15) is 4.79 Å². The second-order valence-corrected chi connectivity index (χ2v) is 5.65. The van der Waals surface area contributed by atoms with Gasteiger partial charge in [-0.15, -0.1) is 0 Å². The van der Waals surface area contributed by atoms with E-state index < -0.39 is 6.09 Å². The van der Waals surface area contributed by atoms with E-state index in [0.717, 1.165) is 27.8 Å². The molecule has 0 aliphatic carbocycles. The number of carbonyl (C=O) groups is 1. The van der Waals surface area contributed by atoms with Crippen molar-refractivity contribution in [3.05, 3.63) is 65.9 Å². The highest BCUT2D eigenvalue weighted by atomic mass is 16.5. The Bertz CT molecular complexity index is 936. The second-order valence-electron chi connectivity index (χ2n) is 5.65. The van der Waals surface area contributed by atoms with Crippen LogP contribution < -0.4 is 10.1 Å². The number of fused-ring (bicyclic) bond motifs is 1. The molecule has 1 amide bonds. The molecular weight excluding hydrogens is 328 g/mol. The van der Waals surface area contributed by atoms with Gasteiger partial charge < -0.3 is 19.8 Å². The minimum absolute atomic E-state index is 0.0605. The molecule has 0 atom stereocenters. The SMILES string of the molecule is COc1ccc2[nH]cc(CCNC(=O)OCC#Cc3ccccc3)c2c1. The van der Waals surface area contributed by atoms with Crippen LogP contribution in [0.1, 0.15) is 11.1 Å². The lowest BCUT2D eigenvalue weighted by Gasteiger charge is -2.05. The summed E-state index contributed by atoms with van der Waals surface area (Å²) < 4.78 is 10.3. The summed E-state index contributed by atoms with van der Waals surface area (Å²) in [5.74, 6) is 6.57. The molecule has 0 unspecified atom stereocenters. The lowest BCUT2D eigenvalue weighted by Crippen LogP contribution is -2.26. The molecule has 132 valence electrons. The molecular formula is C21H20N2O3. The second kappa shape index (κ2) is 8.63. The van der Waals surface area contributed by atoms with Gasteiger partial charge in [0.15, 0.2) is 6.61 Å². The van der Waals surface area contributed by atoms with Gasteiger partial charge in [-0.05, 0) is 42.3 Å². The van der Waals surface area contributed by atoms with Crippen molar-refractivity contribution in [1.29, 1.82) is 0 Å². The van der Waals surface area contributed by atoms with Gasteiger partial charge in [-0.1, -0.05) is 30.0 Å². The summed E-state index contributed by atoms with van der Waals surface area (Å²) in [7, 11) is 1.64. The lowest BCUT2D eigenvalue weighted by molar-refractivity contribution is 0.160. The van der Waals surface area contributed by atoms with Crippen LogP contribution in [0.15, 0.2) is 54.7 Å². The number of hydrogen-bond acceptors (Lipinski definition) is 3. The summed E-state index contributed by atoms with van der Waals surface area (Å²) in [6.45, 7) is 0.542. The largest absolute Gasteiger partial charge is 0.497 e. The predicted molar refractivity (Wildman–Crippen MR) is 101 cm³/mol. The first-order valence-corrected chi connectivity index (χ1v) is 8.35. The normalized spacial score (nSPS) is 10.0. The van der Waals surface area contributed by atoms with Crippen LogP contribution in [0.4, 0.5) is 4.79 Å². The van der Waals surface area contributed by atoms with Gasteiger partial charge >= 0.3 is 6.09 Å². The first kappa shape index (κ1) is 17.4. The van der Waals surface area contributed by atoms with Crippen LogP contribution in [0.5, 0.6) is 5.75 Å². The molecule has 0 bridgehead atoms. The number of rotatable bonds is 5. The maximum Gasteiger partial charge on any atom is 0.408 e. The first-order chi connectivity index (χ1) is 12.8. The molecule has 0 saturated heterocycles. The summed E-state index contributed by atoms with van der Waals surface area (Å²) in [5.41, 5.74) is 3.05. The van der Waals surface area contributed by atoms with Crippen LogP contribution in [0, 0.1) is 11.8 Å². The summed E-state index contributed by atoms with van der Waals surface area (Å²) in [6.07, 6.45) is 2.17.